The lowest BCUT2D eigenvalue weighted by Crippen LogP contribution is -2.61. The first kappa shape index (κ1) is 28.3. The summed E-state index contributed by atoms with van der Waals surface area (Å²) in [5.74, 6) is -5.87. The highest BCUT2D eigenvalue weighted by molar-refractivity contribution is 5.85. The number of aliphatic carboxylic acids is 1. The van der Waals surface area contributed by atoms with Crippen molar-refractivity contribution in [3.05, 3.63) is 35.5 Å². The van der Waals surface area contributed by atoms with Crippen molar-refractivity contribution in [2.75, 3.05) is 39.9 Å². The summed E-state index contributed by atoms with van der Waals surface area (Å²) in [6.45, 7) is 1.67. The molecule has 2 fully saturated rings. The average Bonchev–Trinajstić information content (AvgIpc) is 3.20. The van der Waals surface area contributed by atoms with Gasteiger partial charge in [-0.05, 0) is 36.6 Å². The van der Waals surface area contributed by atoms with Gasteiger partial charge in [0.05, 0.1) is 30.2 Å². The summed E-state index contributed by atoms with van der Waals surface area (Å²) in [6, 6.07) is 7.44. The normalized spacial score (nSPS) is 22.0. The molecule has 1 spiro atoms. The number of rotatable bonds is 5. The van der Waals surface area contributed by atoms with Crippen LogP contribution in [0.5, 0.6) is 0 Å². The number of hydrogen-bond donors (Lipinski definition) is 2. The van der Waals surface area contributed by atoms with Crippen molar-refractivity contribution in [3.8, 4) is 6.07 Å². The molecular formula is C24H27F5N4O4. The van der Waals surface area contributed by atoms with Gasteiger partial charge in [0.25, 0.3) is 5.92 Å². The smallest absolute Gasteiger partial charge is 0.475 e. The van der Waals surface area contributed by atoms with E-state index < -0.39 is 29.9 Å². The van der Waals surface area contributed by atoms with E-state index in [9.17, 15) is 32.0 Å². The number of methoxy groups -OCH3 is 1. The van der Waals surface area contributed by atoms with Crippen LogP contribution in [0.3, 0.4) is 0 Å². The van der Waals surface area contributed by atoms with Crippen molar-refractivity contribution in [1.29, 1.82) is 5.26 Å². The predicted molar refractivity (Wildman–Crippen MR) is 122 cm³/mol. The summed E-state index contributed by atoms with van der Waals surface area (Å²) in [4.78, 5) is 28.6. The maximum Gasteiger partial charge on any atom is 0.490 e. The number of likely N-dealkylation sites (tertiary alicyclic amines) is 2. The number of hydrogen-bond acceptors (Lipinski definition) is 5. The number of alkyl halides is 5. The molecule has 0 bridgehead atoms. The van der Waals surface area contributed by atoms with Crippen LogP contribution in [-0.4, -0.2) is 83.8 Å². The van der Waals surface area contributed by atoms with Crippen molar-refractivity contribution in [2.24, 2.45) is 5.41 Å². The molecule has 2 aliphatic rings. The quantitative estimate of drug-likeness (QED) is 0.570. The number of piperidine rings is 2. The van der Waals surface area contributed by atoms with Gasteiger partial charge >= 0.3 is 12.1 Å². The number of ether oxygens (including phenoxy) is 1. The first-order chi connectivity index (χ1) is 17.3. The number of nitrogens with one attached hydrogen (secondary N) is 1. The summed E-state index contributed by atoms with van der Waals surface area (Å²) in [5, 5.41) is 17.2. The number of H-pyrrole nitrogens is 1. The second kappa shape index (κ2) is 11.0. The lowest BCUT2D eigenvalue weighted by atomic mass is 9.71. The lowest BCUT2D eigenvalue weighted by Gasteiger charge is -2.49. The number of halogens is 5. The maximum absolute atomic E-state index is 14.8. The molecule has 2 N–H and O–H groups in total. The van der Waals surface area contributed by atoms with Gasteiger partial charge in [-0.2, -0.15) is 18.4 Å². The molecule has 2 saturated heterocycles. The summed E-state index contributed by atoms with van der Waals surface area (Å²) in [7, 11) is 1.57. The number of fused-ring (bicyclic) bond motifs is 1. The SMILES string of the molecule is COCCN1CCCC2(CN(Cc3c[nH]c4ccc(C#N)cc34)CC(F)(F)C2)C1=O.O=C(O)C(F)(F)F. The number of aromatic amines is 1. The van der Waals surface area contributed by atoms with Gasteiger partial charge in [0, 0.05) is 56.8 Å². The third kappa shape index (κ3) is 6.75. The fourth-order valence-corrected chi connectivity index (χ4v) is 5.03. The Morgan fingerprint density at radius 3 is 2.62 bits per heavy atom. The van der Waals surface area contributed by atoms with Crippen molar-refractivity contribution < 1.29 is 41.4 Å². The zero-order valence-electron chi connectivity index (χ0n) is 20.1. The van der Waals surface area contributed by atoms with Gasteiger partial charge in [-0.15, -0.1) is 0 Å². The Kier molecular flexibility index (Phi) is 8.44. The van der Waals surface area contributed by atoms with Crippen LogP contribution in [0.2, 0.25) is 0 Å². The molecule has 1 aromatic carbocycles. The van der Waals surface area contributed by atoms with Crippen LogP contribution in [0.1, 0.15) is 30.4 Å². The number of carboxylic acid groups (broad SMARTS) is 1. The van der Waals surface area contributed by atoms with Crippen LogP contribution in [0.15, 0.2) is 24.4 Å². The van der Waals surface area contributed by atoms with E-state index in [1.165, 1.54) is 0 Å². The van der Waals surface area contributed by atoms with E-state index in [2.05, 4.69) is 11.1 Å². The fourth-order valence-electron chi connectivity index (χ4n) is 5.03. The van der Waals surface area contributed by atoms with E-state index in [0.29, 0.717) is 44.8 Å². The standard InChI is InChI=1S/C22H26F2N4O2.C2HF3O2/c1-30-8-7-28-6-2-5-21(20(28)29)13-22(23,24)15-27(14-21)12-17-11-26-19-4-3-16(10-25)9-18(17)19;3-2(4,5)1(6)7/h3-4,9,11,26H,2,5-8,12-15H2,1H3;(H,6,7). The summed E-state index contributed by atoms with van der Waals surface area (Å²) in [5.41, 5.74) is 1.19. The molecule has 37 heavy (non-hydrogen) atoms. The topological polar surface area (TPSA) is 110 Å². The van der Waals surface area contributed by atoms with E-state index in [1.807, 2.05) is 6.07 Å². The van der Waals surface area contributed by atoms with Gasteiger partial charge in [0.2, 0.25) is 5.91 Å². The average molecular weight is 530 g/mol. The van der Waals surface area contributed by atoms with Crippen LogP contribution < -0.4 is 0 Å². The Morgan fingerprint density at radius 1 is 1.30 bits per heavy atom. The third-order valence-electron chi connectivity index (χ3n) is 6.50. The first-order valence-corrected chi connectivity index (χ1v) is 11.5. The first-order valence-electron chi connectivity index (χ1n) is 11.5. The zero-order valence-corrected chi connectivity index (χ0v) is 20.1. The van der Waals surface area contributed by atoms with E-state index in [0.717, 1.165) is 22.9 Å². The highest BCUT2D eigenvalue weighted by atomic mass is 19.4. The van der Waals surface area contributed by atoms with Gasteiger partial charge in [0.1, 0.15) is 0 Å². The third-order valence-corrected chi connectivity index (χ3v) is 6.50. The number of aromatic nitrogens is 1. The molecule has 8 nitrogen and oxygen atoms in total. The molecule has 13 heteroatoms. The molecule has 2 aliphatic heterocycles. The molecule has 202 valence electrons. The number of nitrogens with zero attached hydrogens (tertiary/aromatic N) is 3. The molecule has 3 heterocycles. The molecule has 0 radical (unpaired) electrons. The minimum Gasteiger partial charge on any atom is -0.475 e. The lowest BCUT2D eigenvalue weighted by molar-refractivity contribution is -0.192. The molecule has 1 aromatic heterocycles. The Balaban J connectivity index is 0.000000479. The van der Waals surface area contributed by atoms with Crippen molar-refractivity contribution >= 4 is 22.8 Å². The number of nitriles is 1. The van der Waals surface area contributed by atoms with Crippen LogP contribution in [0.4, 0.5) is 22.0 Å². The van der Waals surface area contributed by atoms with E-state index in [-0.39, 0.29) is 12.5 Å². The fraction of sp³-hybridized carbons (Fsp3) is 0.542. The van der Waals surface area contributed by atoms with E-state index in [4.69, 9.17) is 14.6 Å². The van der Waals surface area contributed by atoms with Gasteiger partial charge in [0.15, 0.2) is 0 Å². The van der Waals surface area contributed by atoms with Gasteiger partial charge < -0.3 is 19.7 Å². The predicted octanol–water partition coefficient (Wildman–Crippen LogP) is 3.77. The summed E-state index contributed by atoms with van der Waals surface area (Å²) < 4.78 is 66.4. The van der Waals surface area contributed by atoms with Crippen LogP contribution in [0, 0.1) is 16.7 Å². The minimum atomic E-state index is -5.08. The maximum atomic E-state index is 14.8. The Morgan fingerprint density at radius 2 is 2.00 bits per heavy atom. The van der Waals surface area contributed by atoms with Gasteiger partial charge in [-0.1, -0.05) is 0 Å². The highest BCUT2D eigenvalue weighted by Crippen LogP contribution is 2.45. The molecule has 1 atom stereocenters. The molecule has 1 unspecified atom stereocenters. The van der Waals surface area contributed by atoms with Crippen LogP contribution >= 0.6 is 0 Å². The van der Waals surface area contributed by atoms with Crippen molar-refractivity contribution in [2.45, 2.75) is 37.9 Å². The molecule has 0 saturated carbocycles. The Hall–Kier alpha value is -3.24. The minimum absolute atomic E-state index is 0.180. The number of carboxylic acids is 1. The largest absolute Gasteiger partial charge is 0.490 e. The molecule has 1 amide bonds. The summed E-state index contributed by atoms with van der Waals surface area (Å²) >= 11 is 0. The number of carbonyl (C=O) groups is 2. The zero-order chi connectivity index (χ0) is 27.4. The summed E-state index contributed by atoms with van der Waals surface area (Å²) in [6.07, 6.45) is -2.48. The Bertz CT molecular complexity index is 1180. The van der Waals surface area contributed by atoms with E-state index in [1.54, 1.807) is 35.2 Å². The number of benzene rings is 1. The number of carbonyl (C=O) groups excluding carboxylic acids is 1. The Labute approximate surface area is 209 Å². The highest BCUT2D eigenvalue weighted by Gasteiger charge is 2.55. The van der Waals surface area contributed by atoms with Gasteiger partial charge in [-0.25, -0.2) is 13.6 Å². The van der Waals surface area contributed by atoms with E-state index >= 15 is 0 Å². The van der Waals surface area contributed by atoms with Crippen LogP contribution in [0.25, 0.3) is 10.9 Å². The number of amides is 1. The van der Waals surface area contributed by atoms with Crippen LogP contribution in [-0.2, 0) is 20.9 Å². The molecule has 2 aromatic rings. The van der Waals surface area contributed by atoms with Gasteiger partial charge in [-0.3, -0.25) is 9.69 Å². The van der Waals surface area contributed by atoms with Crippen molar-refractivity contribution in [3.63, 3.8) is 0 Å². The second-order valence-electron chi connectivity index (χ2n) is 9.34. The second-order valence-corrected chi connectivity index (χ2v) is 9.34. The molecular weight excluding hydrogens is 503 g/mol. The molecule has 0 aliphatic carbocycles. The van der Waals surface area contributed by atoms with Crippen molar-refractivity contribution in [1.82, 2.24) is 14.8 Å². The molecule has 4 rings (SSSR count). The monoisotopic (exact) mass is 530 g/mol.